The second kappa shape index (κ2) is 9.90. The van der Waals surface area contributed by atoms with E-state index >= 15 is 0 Å². The number of rotatable bonds is 6. The molecule has 0 N–H and O–H groups in total. The van der Waals surface area contributed by atoms with Crippen molar-refractivity contribution < 1.29 is 21.6 Å². The monoisotopic (exact) mass is 525 g/mol. The van der Waals surface area contributed by atoms with Crippen molar-refractivity contribution in [2.75, 3.05) is 24.6 Å². The van der Waals surface area contributed by atoms with Crippen LogP contribution in [0.1, 0.15) is 0 Å². The molecule has 3 aromatic rings. The van der Waals surface area contributed by atoms with E-state index in [2.05, 4.69) is 8.75 Å². The molecule has 2 heterocycles. The molecule has 0 amide bonds. The van der Waals surface area contributed by atoms with E-state index in [4.69, 9.17) is 16.3 Å². The molecule has 0 atom stereocenters. The highest BCUT2D eigenvalue weighted by Crippen LogP contribution is 2.24. The molecule has 4 rings (SSSR count). The van der Waals surface area contributed by atoms with Gasteiger partial charge in [0.2, 0.25) is 15.9 Å². The fraction of sp³-hybridized carbons (Fsp3) is 0.190. The molecule has 33 heavy (non-hydrogen) atoms. The second-order valence-corrected chi connectivity index (χ2v) is 13.2. The molecule has 8 nitrogen and oxygen atoms in total. The third-order valence-electron chi connectivity index (χ3n) is 4.79. The van der Waals surface area contributed by atoms with Crippen molar-refractivity contribution >= 4 is 42.3 Å². The van der Waals surface area contributed by atoms with Crippen LogP contribution in [0.15, 0.2) is 86.5 Å². The molecule has 0 bridgehead atoms. The van der Waals surface area contributed by atoms with E-state index in [1.807, 2.05) is 0 Å². The number of aromatic nitrogens is 1. The second-order valence-electron chi connectivity index (χ2n) is 7.02. The maximum absolute atomic E-state index is 12.8. The molecule has 1 aliphatic rings. The molecule has 0 saturated carbocycles. The number of hydrogen-bond acceptors (Lipinski definition) is 6. The average Bonchev–Trinajstić information content (AvgIpc) is 2.80. The molecule has 1 aromatic heterocycles. The quantitative estimate of drug-likeness (QED) is 0.485. The molecule has 12 heteroatoms. The zero-order valence-electron chi connectivity index (χ0n) is 17.2. The number of sulfonamides is 2. The Kier molecular flexibility index (Phi) is 7.15. The van der Waals surface area contributed by atoms with E-state index < -0.39 is 30.7 Å². The van der Waals surface area contributed by atoms with Gasteiger partial charge in [0.15, 0.2) is 0 Å². The van der Waals surface area contributed by atoms with Crippen molar-refractivity contribution in [1.82, 2.24) is 9.29 Å². The first-order chi connectivity index (χ1) is 15.7. The Bertz CT molecular complexity index is 1350. The van der Waals surface area contributed by atoms with Crippen LogP contribution in [0, 0.1) is 0 Å². The number of benzene rings is 2. The van der Waals surface area contributed by atoms with Crippen LogP contribution in [-0.4, -0.2) is 50.7 Å². The maximum Gasteiger partial charge on any atom is 0.287 e. The van der Waals surface area contributed by atoms with Crippen LogP contribution in [0.4, 0.5) is 0 Å². The van der Waals surface area contributed by atoms with Crippen LogP contribution in [0.2, 0.25) is 5.02 Å². The number of ether oxygens (including phenoxy) is 1. The molecule has 1 aliphatic heterocycles. The molecule has 2 aromatic carbocycles. The summed E-state index contributed by atoms with van der Waals surface area (Å²) >= 11 is 5.84. The molecule has 1 saturated heterocycles. The summed E-state index contributed by atoms with van der Waals surface area (Å²) in [4.78, 5) is 4.27. The van der Waals surface area contributed by atoms with Crippen molar-refractivity contribution in [3.8, 4) is 11.6 Å². The number of hydrogen-bond donors (Lipinski definition) is 0. The predicted molar refractivity (Wildman–Crippen MR) is 128 cm³/mol. The van der Waals surface area contributed by atoms with Crippen LogP contribution >= 0.6 is 11.6 Å². The Balaban J connectivity index is 1.42. The molecule has 174 valence electrons. The topological polar surface area (TPSA) is 106 Å². The lowest BCUT2D eigenvalue weighted by Gasteiger charge is -2.27. The third-order valence-corrected chi connectivity index (χ3v) is 10.8. The third kappa shape index (κ3) is 5.79. The lowest BCUT2D eigenvalue weighted by Crippen LogP contribution is -2.41. The van der Waals surface area contributed by atoms with Gasteiger partial charge in [-0.15, -0.1) is 3.77 Å². The largest absolute Gasteiger partial charge is 0.439 e. The van der Waals surface area contributed by atoms with Gasteiger partial charge in [-0.05, 0) is 54.6 Å². The molecule has 0 aliphatic carbocycles. The number of halogens is 1. The summed E-state index contributed by atoms with van der Waals surface area (Å²) < 4.78 is 62.1. The van der Waals surface area contributed by atoms with Crippen LogP contribution in [0.5, 0.6) is 11.6 Å². The van der Waals surface area contributed by atoms with Crippen LogP contribution in [0.3, 0.4) is 0 Å². The summed E-state index contributed by atoms with van der Waals surface area (Å²) in [6, 6.07) is 17.2. The van der Waals surface area contributed by atoms with Crippen molar-refractivity contribution in [2.24, 2.45) is 3.77 Å². The predicted octanol–water partition coefficient (Wildman–Crippen LogP) is 3.72. The first kappa shape index (κ1) is 23.8. The standard InChI is InChI=1S/C21H20ClN3O5S3/c22-17-4-8-20(9-5-17)33(28,29)25-13-15-31(16-14-25)24-32(26,27)19-10-6-18(7-11-19)30-21-3-1-2-12-23-21/h1-12H,13-16H2. The normalized spacial score (nSPS) is 15.8. The first-order valence-corrected chi connectivity index (χ1v) is 14.6. The van der Waals surface area contributed by atoms with Crippen molar-refractivity contribution in [3.05, 3.63) is 77.9 Å². The van der Waals surface area contributed by atoms with Gasteiger partial charge in [-0.1, -0.05) is 28.4 Å². The first-order valence-electron chi connectivity index (χ1n) is 9.84. The highest BCUT2D eigenvalue weighted by molar-refractivity contribution is 8.00. The summed E-state index contributed by atoms with van der Waals surface area (Å²) in [7, 11) is -8.33. The minimum Gasteiger partial charge on any atom is -0.439 e. The van der Waals surface area contributed by atoms with Crippen LogP contribution in [-0.2, 0) is 30.7 Å². The number of nitrogens with zero attached hydrogens (tertiary/aromatic N) is 3. The van der Waals surface area contributed by atoms with Crippen LogP contribution in [0.25, 0.3) is 0 Å². The Hall–Kier alpha value is -2.31. The summed E-state index contributed by atoms with van der Waals surface area (Å²) in [5.74, 6) is 1.54. The highest BCUT2D eigenvalue weighted by atomic mass is 35.5. The lowest BCUT2D eigenvalue weighted by molar-refractivity contribution is 0.442. The van der Waals surface area contributed by atoms with E-state index in [9.17, 15) is 16.8 Å². The van der Waals surface area contributed by atoms with Gasteiger partial charge in [0.25, 0.3) is 10.0 Å². The maximum atomic E-state index is 12.8. The van der Waals surface area contributed by atoms with Crippen molar-refractivity contribution in [3.63, 3.8) is 0 Å². The fourth-order valence-corrected chi connectivity index (χ4v) is 8.48. The van der Waals surface area contributed by atoms with Gasteiger partial charge < -0.3 is 4.74 Å². The lowest BCUT2D eigenvalue weighted by atomic mass is 10.3. The Morgan fingerprint density at radius 3 is 2.12 bits per heavy atom. The van der Waals surface area contributed by atoms with E-state index in [-0.39, 0.29) is 22.9 Å². The molecular formula is C21H20ClN3O5S3. The molecule has 1 fully saturated rings. The van der Waals surface area contributed by atoms with E-state index in [1.165, 1.54) is 40.7 Å². The molecule has 0 radical (unpaired) electrons. The van der Waals surface area contributed by atoms with E-state index in [0.29, 0.717) is 28.2 Å². The zero-order valence-corrected chi connectivity index (χ0v) is 20.4. The minimum atomic E-state index is -3.88. The van der Waals surface area contributed by atoms with Gasteiger partial charge in [0.05, 0.1) is 9.79 Å². The minimum absolute atomic E-state index is 0.0552. The van der Waals surface area contributed by atoms with Gasteiger partial charge in [-0.3, -0.25) is 0 Å². The fourth-order valence-electron chi connectivity index (χ4n) is 3.09. The average molecular weight is 526 g/mol. The van der Waals surface area contributed by atoms with Crippen LogP contribution < -0.4 is 4.74 Å². The SMILES string of the molecule is O=S(=O)(N=S1CCN(S(=O)(=O)c2ccc(Cl)cc2)CC1)c1ccc(Oc2ccccn2)cc1. The Labute approximate surface area is 200 Å². The van der Waals surface area contributed by atoms with Crippen molar-refractivity contribution in [1.29, 1.82) is 0 Å². The van der Waals surface area contributed by atoms with Gasteiger partial charge in [-0.25, -0.2) is 13.4 Å². The van der Waals surface area contributed by atoms with E-state index in [1.54, 1.807) is 36.5 Å². The van der Waals surface area contributed by atoms with Gasteiger partial charge in [0.1, 0.15) is 5.75 Å². The summed E-state index contributed by atoms with van der Waals surface area (Å²) in [6.45, 7) is 0.397. The molecule has 0 unspecified atom stereocenters. The number of pyridine rings is 1. The smallest absolute Gasteiger partial charge is 0.287 e. The van der Waals surface area contributed by atoms with E-state index in [0.717, 1.165) is 0 Å². The van der Waals surface area contributed by atoms with Gasteiger partial charge in [-0.2, -0.15) is 12.7 Å². The summed E-state index contributed by atoms with van der Waals surface area (Å²) in [5, 5.41) is 0.453. The van der Waals surface area contributed by atoms with Gasteiger partial charge >= 0.3 is 0 Å². The molecular weight excluding hydrogens is 506 g/mol. The molecule has 0 spiro atoms. The zero-order chi connectivity index (χ0) is 23.5. The van der Waals surface area contributed by atoms with Gasteiger partial charge in [0, 0.05) is 41.9 Å². The summed E-state index contributed by atoms with van der Waals surface area (Å²) in [5.41, 5.74) is 0. The highest BCUT2D eigenvalue weighted by Gasteiger charge is 2.28. The Morgan fingerprint density at radius 2 is 1.52 bits per heavy atom. The Morgan fingerprint density at radius 1 is 0.879 bits per heavy atom. The van der Waals surface area contributed by atoms with Crippen molar-refractivity contribution in [2.45, 2.75) is 9.79 Å². The summed E-state index contributed by atoms with van der Waals surface area (Å²) in [6.07, 6.45) is 1.60.